The van der Waals surface area contributed by atoms with Crippen molar-refractivity contribution in [3.8, 4) is 11.1 Å². The lowest BCUT2D eigenvalue weighted by atomic mass is 10.0. The van der Waals surface area contributed by atoms with E-state index in [1.54, 1.807) is 0 Å². The molecule has 0 bridgehead atoms. The lowest BCUT2D eigenvalue weighted by Gasteiger charge is -2.05. The van der Waals surface area contributed by atoms with Crippen LogP contribution in [-0.4, -0.2) is 5.84 Å². The van der Waals surface area contributed by atoms with Crippen LogP contribution in [0, 0.1) is 0 Å². The average molecular weight is 376 g/mol. The molecular formula is C25H20N4. The molecule has 29 heavy (non-hydrogen) atoms. The minimum Gasteiger partial charge on any atom is -0.276 e. The van der Waals surface area contributed by atoms with Gasteiger partial charge in [0.25, 0.3) is 0 Å². The molecule has 4 rings (SSSR count). The maximum absolute atomic E-state index is 4.49. The van der Waals surface area contributed by atoms with Gasteiger partial charge >= 0.3 is 0 Å². The highest BCUT2D eigenvalue weighted by Crippen LogP contribution is 2.20. The Labute approximate surface area is 170 Å². The summed E-state index contributed by atoms with van der Waals surface area (Å²) in [4.78, 5) is 0. The van der Waals surface area contributed by atoms with Crippen LogP contribution >= 0.6 is 0 Å². The van der Waals surface area contributed by atoms with Crippen LogP contribution in [0.15, 0.2) is 131 Å². The van der Waals surface area contributed by atoms with Gasteiger partial charge in [0.1, 0.15) is 0 Å². The minimum absolute atomic E-state index is 0.511. The molecule has 4 aromatic carbocycles. The molecule has 4 aromatic rings. The van der Waals surface area contributed by atoms with E-state index in [1.165, 1.54) is 5.56 Å². The molecule has 0 saturated carbocycles. The monoisotopic (exact) mass is 376 g/mol. The summed E-state index contributed by atoms with van der Waals surface area (Å²) >= 11 is 0. The molecule has 0 heterocycles. The molecule has 0 aliphatic heterocycles. The van der Waals surface area contributed by atoms with Crippen LogP contribution in [0.25, 0.3) is 11.1 Å². The third-order valence-corrected chi connectivity index (χ3v) is 4.33. The Balaban J connectivity index is 1.63. The van der Waals surface area contributed by atoms with E-state index in [4.69, 9.17) is 0 Å². The molecule has 0 unspecified atom stereocenters. The number of nitrogens with zero attached hydrogens (tertiary/aromatic N) is 3. The predicted molar refractivity (Wildman–Crippen MR) is 119 cm³/mol. The maximum atomic E-state index is 4.49. The Morgan fingerprint density at radius 2 is 1.10 bits per heavy atom. The van der Waals surface area contributed by atoms with Crippen molar-refractivity contribution in [2.24, 2.45) is 15.3 Å². The molecule has 0 fully saturated rings. The second-order valence-corrected chi connectivity index (χ2v) is 6.39. The number of para-hydroxylation sites is 1. The number of anilines is 1. The third kappa shape index (κ3) is 5.02. The fourth-order valence-corrected chi connectivity index (χ4v) is 2.82. The van der Waals surface area contributed by atoms with Gasteiger partial charge in [0.15, 0.2) is 0 Å². The highest BCUT2D eigenvalue weighted by molar-refractivity contribution is 6.00. The van der Waals surface area contributed by atoms with Gasteiger partial charge in [-0.2, -0.15) is 5.10 Å². The zero-order valence-corrected chi connectivity index (χ0v) is 15.8. The number of nitrogens with one attached hydrogen (secondary N) is 1. The molecule has 4 nitrogen and oxygen atoms in total. The number of rotatable bonds is 5. The molecule has 0 amide bonds. The Bertz CT molecular complexity index is 1090. The smallest absolute Gasteiger partial charge is 0.201 e. The van der Waals surface area contributed by atoms with E-state index in [9.17, 15) is 0 Å². The second kappa shape index (κ2) is 9.24. The van der Waals surface area contributed by atoms with E-state index in [1.807, 2.05) is 91.0 Å². The number of benzene rings is 4. The molecule has 0 aliphatic carbocycles. The topological polar surface area (TPSA) is 49.1 Å². The molecule has 0 saturated heterocycles. The Morgan fingerprint density at radius 1 is 0.552 bits per heavy atom. The van der Waals surface area contributed by atoms with E-state index in [0.717, 1.165) is 22.5 Å². The second-order valence-electron chi connectivity index (χ2n) is 6.39. The van der Waals surface area contributed by atoms with Crippen molar-refractivity contribution < 1.29 is 0 Å². The Kier molecular flexibility index (Phi) is 5.84. The third-order valence-electron chi connectivity index (χ3n) is 4.33. The minimum atomic E-state index is 0.511. The quantitative estimate of drug-likeness (QED) is 0.175. The van der Waals surface area contributed by atoms with Gasteiger partial charge in [-0.1, -0.05) is 91.0 Å². The first-order valence-corrected chi connectivity index (χ1v) is 9.40. The summed E-state index contributed by atoms with van der Waals surface area (Å²) in [6.45, 7) is 0. The number of amidine groups is 1. The van der Waals surface area contributed by atoms with Crippen LogP contribution < -0.4 is 5.43 Å². The molecule has 4 heteroatoms. The van der Waals surface area contributed by atoms with Crippen molar-refractivity contribution >= 4 is 17.2 Å². The van der Waals surface area contributed by atoms with Gasteiger partial charge < -0.3 is 0 Å². The average Bonchev–Trinajstić information content (AvgIpc) is 2.81. The van der Waals surface area contributed by atoms with Gasteiger partial charge in [-0.15, -0.1) is 10.2 Å². The largest absolute Gasteiger partial charge is 0.276 e. The van der Waals surface area contributed by atoms with E-state index in [-0.39, 0.29) is 0 Å². The van der Waals surface area contributed by atoms with Crippen molar-refractivity contribution in [1.82, 2.24) is 0 Å². The number of hydrogen-bond donors (Lipinski definition) is 1. The van der Waals surface area contributed by atoms with Crippen molar-refractivity contribution in [3.63, 3.8) is 0 Å². The zero-order chi connectivity index (χ0) is 19.7. The van der Waals surface area contributed by atoms with Crippen LogP contribution in [0.4, 0.5) is 11.4 Å². The SMILES string of the molecule is c1ccc(N=NC(=NNc2ccccc2)c2ccc(-c3ccccc3)cc2)cc1. The van der Waals surface area contributed by atoms with Crippen LogP contribution in [0.2, 0.25) is 0 Å². The molecular weight excluding hydrogens is 356 g/mol. The highest BCUT2D eigenvalue weighted by Gasteiger charge is 2.05. The summed E-state index contributed by atoms with van der Waals surface area (Å²) in [5.41, 5.74) is 7.93. The summed E-state index contributed by atoms with van der Waals surface area (Å²) in [6.07, 6.45) is 0. The highest BCUT2D eigenvalue weighted by atomic mass is 15.3. The summed E-state index contributed by atoms with van der Waals surface area (Å²) in [5, 5.41) is 13.2. The molecule has 0 spiro atoms. The van der Waals surface area contributed by atoms with Crippen molar-refractivity contribution in [1.29, 1.82) is 0 Å². The first-order chi connectivity index (χ1) is 14.4. The van der Waals surface area contributed by atoms with Crippen molar-refractivity contribution in [2.45, 2.75) is 0 Å². The maximum Gasteiger partial charge on any atom is 0.201 e. The molecule has 1 N–H and O–H groups in total. The first-order valence-electron chi connectivity index (χ1n) is 9.40. The molecule has 0 atom stereocenters. The number of hydrazone groups is 1. The standard InChI is InChI=1S/C25H20N4/c1-4-10-20(11-5-1)21-16-18-22(19-17-21)25(28-26-23-12-6-2-7-13-23)29-27-24-14-8-3-9-15-24/h1-19,26H. The lowest BCUT2D eigenvalue weighted by molar-refractivity contribution is 1.22. The fraction of sp³-hybridized carbons (Fsp3) is 0. The summed E-state index contributed by atoms with van der Waals surface area (Å²) in [6, 6.07) is 37.9. The van der Waals surface area contributed by atoms with Gasteiger partial charge in [0, 0.05) is 5.56 Å². The number of azo groups is 1. The van der Waals surface area contributed by atoms with Crippen LogP contribution in [-0.2, 0) is 0 Å². The summed E-state index contributed by atoms with van der Waals surface area (Å²) in [5.74, 6) is 0.511. The molecule has 140 valence electrons. The van der Waals surface area contributed by atoms with Crippen LogP contribution in [0.3, 0.4) is 0 Å². The summed E-state index contributed by atoms with van der Waals surface area (Å²) in [7, 11) is 0. The Morgan fingerprint density at radius 3 is 1.76 bits per heavy atom. The zero-order valence-electron chi connectivity index (χ0n) is 15.8. The van der Waals surface area contributed by atoms with Crippen molar-refractivity contribution in [2.75, 3.05) is 5.43 Å². The van der Waals surface area contributed by atoms with E-state index in [2.05, 4.69) is 45.0 Å². The van der Waals surface area contributed by atoms with Gasteiger partial charge in [-0.25, -0.2) is 0 Å². The van der Waals surface area contributed by atoms with Gasteiger partial charge in [-0.3, -0.25) is 5.43 Å². The lowest BCUT2D eigenvalue weighted by Crippen LogP contribution is -2.01. The van der Waals surface area contributed by atoms with E-state index < -0.39 is 0 Å². The normalized spacial score (nSPS) is 11.5. The number of hydrogen-bond acceptors (Lipinski definition) is 3. The van der Waals surface area contributed by atoms with Crippen molar-refractivity contribution in [3.05, 3.63) is 121 Å². The fourth-order valence-electron chi connectivity index (χ4n) is 2.82. The van der Waals surface area contributed by atoms with Gasteiger partial charge in [-0.05, 0) is 35.4 Å². The first kappa shape index (κ1) is 18.3. The molecule has 0 radical (unpaired) electrons. The molecule has 0 aliphatic rings. The van der Waals surface area contributed by atoms with E-state index >= 15 is 0 Å². The van der Waals surface area contributed by atoms with Crippen LogP contribution in [0.1, 0.15) is 5.56 Å². The van der Waals surface area contributed by atoms with Gasteiger partial charge in [0.2, 0.25) is 5.84 Å². The van der Waals surface area contributed by atoms with E-state index in [0.29, 0.717) is 5.84 Å². The molecule has 0 aromatic heterocycles. The summed E-state index contributed by atoms with van der Waals surface area (Å²) < 4.78 is 0. The van der Waals surface area contributed by atoms with Gasteiger partial charge in [0.05, 0.1) is 11.4 Å². The van der Waals surface area contributed by atoms with Crippen LogP contribution in [0.5, 0.6) is 0 Å². The Hall–Kier alpha value is -4.05. The predicted octanol–water partition coefficient (Wildman–Crippen LogP) is 6.91.